The van der Waals surface area contributed by atoms with Crippen molar-refractivity contribution in [2.45, 2.75) is 6.42 Å². The summed E-state index contributed by atoms with van der Waals surface area (Å²) in [6.45, 7) is 0. The minimum atomic E-state index is -0.366. The second-order valence-electron chi connectivity index (χ2n) is 5.36. The highest BCUT2D eigenvalue weighted by molar-refractivity contribution is 5.63. The van der Waals surface area contributed by atoms with Crippen molar-refractivity contribution in [3.8, 4) is 17.3 Å². The number of hydrogen-bond acceptors (Lipinski definition) is 6. The monoisotopic (exact) mass is 339 g/mol. The number of methoxy groups -OCH3 is 1. The number of ether oxygens (including phenoxy) is 1. The maximum Gasteiger partial charge on any atom is 0.182 e. The van der Waals surface area contributed by atoms with Crippen LogP contribution in [0.3, 0.4) is 0 Å². The van der Waals surface area contributed by atoms with Gasteiger partial charge in [0.25, 0.3) is 0 Å². The molecule has 0 aliphatic carbocycles. The highest BCUT2D eigenvalue weighted by atomic mass is 19.1. The van der Waals surface area contributed by atoms with Gasteiger partial charge in [0, 0.05) is 31.3 Å². The van der Waals surface area contributed by atoms with E-state index in [1.165, 1.54) is 13.2 Å². The summed E-state index contributed by atoms with van der Waals surface area (Å²) in [7, 11) is 3.23. The molecule has 0 amide bonds. The van der Waals surface area contributed by atoms with Crippen LogP contribution < -0.4 is 15.8 Å². The second-order valence-corrected chi connectivity index (χ2v) is 5.36. The molecule has 0 unspecified atom stereocenters. The van der Waals surface area contributed by atoms with E-state index in [0.717, 1.165) is 0 Å². The lowest BCUT2D eigenvalue weighted by Gasteiger charge is -2.13. The van der Waals surface area contributed by atoms with E-state index in [-0.39, 0.29) is 18.1 Å². The zero-order chi connectivity index (χ0) is 17.8. The molecule has 0 atom stereocenters. The van der Waals surface area contributed by atoms with Gasteiger partial charge in [-0.25, -0.2) is 14.4 Å². The molecule has 0 saturated heterocycles. The number of halogens is 1. The molecule has 0 bridgehead atoms. The third kappa shape index (κ3) is 3.50. The van der Waals surface area contributed by atoms with Gasteiger partial charge >= 0.3 is 0 Å². The summed E-state index contributed by atoms with van der Waals surface area (Å²) in [6.07, 6.45) is 1.93. The molecule has 0 saturated carbocycles. The molecule has 25 heavy (non-hydrogen) atoms. The average Bonchev–Trinajstić information content (AvgIpc) is 2.65. The average molecular weight is 339 g/mol. The fourth-order valence-corrected chi connectivity index (χ4v) is 2.48. The number of rotatable bonds is 5. The molecular formula is C18H18FN5O. The van der Waals surface area contributed by atoms with Crippen LogP contribution in [0, 0.1) is 5.82 Å². The molecule has 1 aromatic carbocycles. The quantitative estimate of drug-likeness (QED) is 0.743. The molecular weight excluding hydrogens is 321 g/mol. The SMILES string of the molecule is CNc1nc(-c2ccccn2)nc(N)c1Cc1ccc(OC)cc1F. The van der Waals surface area contributed by atoms with E-state index in [4.69, 9.17) is 10.5 Å². The Labute approximate surface area is 144 Å². The summed E-state index contributed by atoms with van der Waals surface area (Å²) in [6, 6.07) is 10.2. The molecule has 2 aromatic heterocycles. The van der Waals surface area contributed by atoms with Crippen molar-refractivity contribution < 1.29 is 9.13 Å². The van der Waals surface area contributed by atoms with Crippen molar-refractivity contribution in [2.24, 2.45) is 0 Å². The number of benzene rings is 1. The van der Waals surface area contributed by atoms with E-state index in [1.54, 1.807) is 31.4 Å². The van der Waals surface area contributed by atoms with Crippen LogP contribution >= 0.6 is 0 Å². The van der Waals surface area contributed by atoms with E-state index in [0.29, 0.717) is 34.2 Å². The van der Waals surface area contributed by atoms with Gasteiger partial charge in [0.2, 0.25) is 0 Å². The van der Waals surface area contributed by atoms with Gasteiger partial charge in [-0.05, 0) is 23.8 Å². The first-order chi connectivity index (χ1) is 12.1. The first-order valence-corrected chi connectivity index (χ1v) is 7.70. The Morgan fingerprint density at radius 2 is 2.04 bits per heavy atom. The molecule has 0 radical (unpaired) electrons. The Kier molecular flexibility index (Phi) is 4.74. The molecule has 7 heteroatoms. The van der Waals surface area contributed by atoms with Crippen LogP contribution in [0.5, 0.6) is 5.75 Å². The van der Waals surface area contributed by atoms with Gasteiger partial charge in [-0.1, -0.05) is 12.1 Å². The summed E-state index contributed by atoms with van der Waals surface area (Å²) in [5, 5.41) is 3.00. The Hall–Kier alpha value is -3.22. The van der Waals surface area contributed by atoms with Crippen LogP contribution in [-0.4, -0.2) is 29.1 Å². The predicted octanol–water partition coefficient (Wildman–Crippen LogP) is 2.90. The lowest BCUT2D eigenvalue weighted by molar-refractivity contribution is 0.411. The van der Waals surface area contributed by atoms with Crippen molar-refractivity contribution in [1.82, 2.24) is 15.0 Å². The van der Waals surface area contributed by atoms with E-state index >= 15 is 0 Å². The molecule has 0 aliphatic heterocycles. The number of nitrogens with one attached hydrogen (secondary N) is 1. The number of anilines is 2. The minimum absolute atomic E-state index is 0.264. The maximum absolute atomic E-state index is 14.2. The van der Waals surface area contributed by atoms with Gasteiger partial charge in [0.1, 0.15) is 28.9 Å². The van der Waals surface area contributed by atoms with Gasteiger partial charge in [-0.15, -0.1) is 0 Å². The molecule has 3 N–H and O–H groups in total. The van der Waals surface area contributed by atoms with Crippen LogP contribution in [0.2, 0.25) is 0 Å². The molecule has 0 spiro atoms. The van der Waals surface area contributed by atoms with E-state index < -0.39 is 0 Å². The number of hydrogen-bond donors (Lipinski definition) is 2. The lowest BCUT2D eigenvalue weighted by Crippen LogP contribution is -2.09. The van der Waals surface area contributed by atoms with Crippen molar-refractivity contribution in [3.63, 3.8) is 0 Å². The van der Waals surface area contributed by atoms with Crippen LogP contribution in [0.15, 0.2) is 42.6 Å². The highest BCUT2D eigenvalue weighted by Crippen LogP contribution is 2.27. The zero-order valence-electron chi connectivity index (χ0n) is 14.0. The van der Waals surface area contributed by atoms with Crippen LogP contribution in [0.1, 0.15) is 11.1 Å². The van der Waals surface area contributed by atoms with Crippen molar-refractivity contribution in [3.05, 3.63) is 59.5 Å². The van der Waals surface area contributed by atoms with Gasteiger partial charge < -0.3 is 15.8 Å². The summed E-state index contributed by atoms with van der Waals surface area (Å²) in [4.78, 5) is 13.0. The molecule has 6 nitrogen and oxygen atoms in total. The van der Waals surface area contributed by atoms with Gasteiger partial charge in [0.05, 0.1) is 7.11 Å². The Bertz CT molecular complexity index is 886. The Morgan fingerprint density at radius 3 is 2.68 bits per heavy atom. The van der Waals surface area contributed by atoms with Crippen LogP contribution in [0.4, 0.5) is 16.0 Å². The van der Waals surface area contributed by atoms with Gasteiger partial charge in [-0.2, -0.15) is 0 Å². The zero-order valence-corrected chi connectivity index (χ0v) is 14.0. The first kappa shape index (κ1) is 16.6. The first-order valence-electron chi connectivity index (χ1n) is 7.70. The number of aromatic nitrogens is 3. The summed E-state index contributed by atoms with van der Waals surface area (Å²) < 4.78 is 19.3. The molecule has 3 rings (SSSR count). The predicted molar refractivity (Wildman–Crippen MR) is 95.0 cm³/mol. The number of nitrogens with two attached hydrogens (primary N) is 1. The molecule has 3 aromatic rings. The highest BCUT2D eigenvalue weighted by Gasteiger charge is 2.16. The number of pyridine rings is 1. The smallest absolute Gasteiger partial charge is 0.182 e. The fraction of sp³-hybridized carbons (Fsp3) is 0.167. The Morgan fingerprint density at radius 1 is 1.20 bits per heavy atom. The van der Waals surface area contributed by atoms with Crippen molar-refractivity contribution >= 4 is 11.6 Å². The van der Waals surface area contributed by atoms with Crippen molar-refractivity contribution in [2.75, 3.05) is 25.2 Å². The van der Waals surface area contributed by atoms with Gasteiger partial charge in [-0.3, -0.25) is 4.98 Å². The number of nitrogens with zero attached hydrogens (tertiary/aromatic N) is 3. The van der Waals surface area contributed by atoms with Gasteiger partial charge in [0.15, 0.2) is 5.82 Å². The number of nitrogen functional groups attached to an aromatic ring is 1. The minimum Gasteiger partial charge on any atom is -0.497 e. The molecule has 128 valence electrons. The lowest BCUT2D eigenvalue weighted by atomic mass is 10.0. The van der Waals surface area contributed by atoms with E-state index in [1.807, 2.05) is 12.1 Å². The fourth-order valence-electron chi connectivity index (χ4n) is 2.48. The summed E-state index contributed by atoms with van der Waals surface area (Å²) in [5.41, 5.74) is 7.86. The normalized spacial score (nSPS) is 10.5. The second kappa shape index (κ2) is 7.12. The summed E-state index contributed by atoms with van der Waals surface area (Å²) in [5.74, 6) is 1.35. The summed E-state index contributed by atoms with van der Waals surface area (Å²) >= 11 is 0. The molecule has 2 heterocycles. The van der Waals surface area contributed by atoms with E-state index in [9.17, 15) is 4.39 Å². The largest absolute Gasteiger partial charge is 0.497 e. The molecule has 0 aliphatic rings. The molecule has 0 fully saturated rings. The third-order valence-corrected chi connectivity index (χ3v) is 3.80. The third-order valence-electron chi connectivity index (χ3n) is 3.80. The standard InChI is InChI=1S/C18H18FN5O/c1-21-17-13(9-11-6-7-12(25-2)10-14(11)19)16(20)23-18(24-17)15-5-3-4-8-22-15/h3-8,10H,9H2,1-2H3,(H3,20,21,23,24). The van der Waals surface area contributed by atoms with Crippen LogP contribution in [-0.2, 0) is 6.42 Å². The maximum atomic E-state index is 14.2. The Balaban J connectivity index is 1.99. The topological polar surface area (TPSA) is 86.0 Å². The van der Waals surface area contributed by atoms with Crippen molar-refractivity contribution in [1.29, 1.82) is 0 Å². The van der Waals surface area contributed by atoms with E-state index in [2.05, 4.69) is 20.3 Å². The van der Waals surface area contributed by atoms with Crippen LogP contribution in [0.25, 0.3) is 11.5 Å².